The van der Waals surface area contributed by atoms with Gasteiger partial charge in [-0.1, -0.05) is 6.08 Å². The first kappa shape index (κ1) is 17.3. The summed E-state index contributed by atoms with van der Waals surface area (Å²) < 4.78 is 5.34. The van der Waals surface area contributed by atoms with Crippen LogP contribution in [0.4, 0.5) is 5.82 Å². The molecule has 26 heavy (non-hydrogen) atoms. The molecule has 2 aromatic rings. The third kappa shape index (κ3) is 3.85. The first-order chi connectivity index (χ1) is 12.7. The minimum absolute atomic E-state index is 0.0699. The van der Waals surface area contributed by atoms with Gasteiger partial charge < -0.3 is 15.2 Å². The molecular formula is C19H21N3O3S. The molecule has 2 aliphatic rings. The van der Waals surface area contributed by atoms with Gasteiger partial charge in [0, 0.05) is 12.2 Å². The van der Waals surface area contributed by atoms with E-state index in [1.54, 1.807) is 6.20 Å². The van der Waals surface area contributed by atoms with Gasteiger partial charge in [-0.25, -0.2) is 9.97 Å². The standard InChI is InChI=1S/C19H21N3O3S/c23-15-2-1-14(7-15)22-19-16(8-20-11-21-19)18(24)17-6-13(10-26-17)5-12-3-4-25-9-12/h3,6,8,10-11,14-15,23H,1-2,4-5,7,9H2,(H,20,21,22)/t14-,15+/m1/s1. The number of aromatic nitrogens is 2. The lowest BCUT2D eigenvalue weighted by Crippen LogP contribution is -2.20. The zero-order valence-corrected chi connectivity index (χ0v) is 15.2. The van der Waals surface area contributed by atoms with Crippen LogP contribution in [-0.2, 0) is 11.2 Å². The fourth-order valence-electron chi connectivity index (χ4n) is 3.42. The number of rotatable bonds is 6. The highest BCUT2D eigenvalue weighted by Crippen LogP contribution is 2.27. The van der Waals surface area contributed by atoms with Crippen LogP contribution in [0, 0.1) is 0 Å². The number of anilines is 1. The number of carbonyl (C=O) groups is 1. The van der Waals surface area contributed by atoms with Gasteiger partial charge in [-0.05, 0) is 48.3 Å². The maximum Gasteiger partial charge on any atom is 0.208 e. The van der Waals surface area contributed by atoms with E-state index in [1.807, 2.05) is 11.4 Å². The van der Waals surface area contributed by atoms with Gasteiger partial charge in [-0.15, -0.1) is 11.3 Å². The van der Waals surface area contributed by atoms with Gasteiger partial charge in [-0.2, -0.15) is 0 Å². The quantitative estimate of drug-likeness (QED) is 0.600. The van der Waals surface area contributed by atoms with Crippen molar-refractivity contribution in [1.82, 2.24) is 9.97 Å². The second-order valence-electron chi connectivity index (χ2n) is 6.80. The molecule has 1 saturated carbocycles. The summed E-state index contributed by atoms with van der Waals surface area (Å²) in [7, 11) is 0. The molecule has 3 heterocycles. The first-order valence-corrected chi connectivity index (χ1v) is 9.69. The Balaban J connectivity index is 1.50. The molecule has 2 atom stereocenters. The van der Waals surface area contributed by atoms with E-state index in [0.29, 0.717) is 35.9 Å². The second-order valence-corrected chi connectivity index (χ2v) is 7.71. The van der Waals surface area contributed by atoms with Gasteiger partial charge >= 0.3 is 0 Å². The number of nitrogens with zero attached hydrogens (tertiary/aromatic N) is 2. The number of ketones is 1. The SMILES string of the molecule is O=C(c1cc(CC2=CCOC2)cs1)c1cncnc1N[C@@H]1CC[C@H](O)C1. The van der Waals surface area contributed by atoms with Crippen molar-refractivity contribution in [3.8, 4) is 0 Å². The van der Waals surface area contributed by atoms with Crippen LogP contribution in [-0.4, -0.2) is 46.2 Å². The highest BCUT2D eigenvalue weighted by atomic mass is 32.1. The lowest BCUT2D eigenvalue weighted by molar-refractivity contribution is 0.104. The van der Waals surface area contributed by atoms with Gasteiger partial charge in [0.1, 0.15) is 12.1 Å². The van der Waals surface area contributed by atoms with Crippen LogP contribution in [0.15, 0.2) is 35.6 Å². The van der Waals surface area contributed by atoms with Crippen LogP contribution in [0.5, 0.6) is 0 Å². The number of thiophene rings is 1. The number of aliphatic hydroxyl groups excluding tert-OH is 1. The van der Waals surface area contributed by atoms with Crippen molar-refractivity contribution in [1.29, 1.82) is 0 Å². The zero-order valence-electron chi connectivity index (χ0n) is 14.4. The molecule has 1 aliphatic heterocycles. The summed E-state index contributed by atoms with van der Waals surface area (Å²) in [4.78, 5) is 21.9. The van der Waals surface area contributed by atoms with Gasteiger partial charge in [0.2, 0.25) is 5.78 Å². The molecule has 2 aromatic heterocycles. The fourth-order valence-corrected chi connectivity index (χ4v) is 4.29. The van der Waals surface area contributed by atoms with E-state index >= 15 is 0 Å². The largest absolute Gasteiger partial charge is 0.393 e. The van der Waals surface area contributed by atoms with Crippen molar-refractivity contribution in [3.63, 3.8) is 0 Å². The van der Waals surface area contributed by atoms with E-state index in [9.17, 15) is 9.90 Å². The van der Waals surface area contributed by atoms with Crippen molar-refractivity contribution in [2.45, 2.75) is 37.8 Å². The number of carbonyl (C=O) groups excluding carboxylic acids is 1. The molecule has 0 bridgehead atoms. The lowest BCUT2D eigenvalue weighted by atomic mass is 10.1. The molecule has 0 spiro atoms. The van der Waals surface area contributed by atoms with Crippen LogP contribution in [0.1, 0.15) is 40.1 Å². The minimum Gasteiger partial charge on any atom is -0.393 e. The predicted octanol–water partition coefficient (Wildman–Crippen LogP) is 2.59. The summed E-state index contributed by atoms with van der Waals surface area (Å²) in [5.41, 5.74) is 2.86. The average molecular weight is 371 g/mol. The summed E-state index contributed by atoms with van der Waals surface area (Å²) in [5.74, 6) is 0.477. The molecule has 0 unspecified atom stereocenters. The number of hydrogen-bond acceptors (Lipinski definition) is 7. The Morgan fingerprint density at radius 1 is 1.42 bits per heavy atom. The van der Waals surface area contributed by atoms with Crippen LogP contribution >= 0.6 is 11.3 Å². The van der Waals surface area contributed by atoms with E-state index in [2.05, 4.69) is 21.4 Å². The maximum atomic E-state index is 13.0. The molecule has 2 N–H and O–H groups in total. The van der Waals surface area contributed by atoms with Gasteiger partial charge in [-0.3, -0.25) is 4.79 Å². The molecule has 6 nitrogen and oxygen atoms in total. The van der Waals surface area contributed by atoms with E-state index in [0.717, 1.165) is 24.8 Å². The predicted molar refractivity (Wildman–Crippen MR) is 99.7 cm³/mol. The summed E-state index contributed by atoms with van der Waals surface area (Å²) in [5, 5.41) is 15.0. The smallest absolute Gasteiger partial charge is 0.208 e. The Labute approximate surface area is 156 Å². The van der Waals surface area contributed by atoms with E-state index in [-0.39, 0.29) is 17.9 Å². The molecule has 4 rings (SSSR count). The Kier molecular flexibility index (Phi) is 5.10. The minimum atomic E-state index is -0.276. The number of nitrogens with one attached hydrogen (secondary N) is 1. The number of hydrogen-bond donors (Lipinski definition) is 2. The molecule has 0 saturated heterocycles. The molecule has 0 aromatic carbocycles. The Morgan fingerprint density at radius 2 is 2.35 bits per heavy atom. The summed E-state index contributed by atoms with van der Waals surface area (Å²) in [6, 6.07) is 2.09. The molecule has 7 heteroatoms. The second kappa shape index (κ2) is 7.65. The van der Waals surface area contributed by atoms with Crippen LogP contribution in [0.2, 0.25) is 0 Å². The van der Waals surface area contributed by atoms with Crippen molar-refractivity contribution in [2.24, 2.45) is 0 Å². The lowest BCUT2D eigenvalue weighted by Gasteiger charge is -2.14. The van der Waals surface area contributed by atoms with Crippen LogP contribution in [0.3, 0.4) is 0 Å². The normalized spacial score (nSPS) is 22.4. The van der Waals surface area contributed by atoms with Gasteiger partial charge in [0.15, 0.2) is 0 Å². The van der Waals surface area contributed by atoms with E-state index < -0.39 is 0 Å². The fraction of sp³-hybridized carbons (Fsp3) is 0.421. The van der Waals surface area contributed by atoms with Crippen LogP contribution in [0.25, 0.3) is 0 Å². The zero-order chi connectivity index (χ0) is 17.9. The van der Waals surface area contributed by atoms with Crippen LogP contribution < -0.4 is 5.32 Å². The van der Waals surface area contributed by atoms with Crippen molar-refractivity contribution < 1.29 is 14.6 Å². The summed E-state index contributed by atoms with van der Waals surface area (Å²) in [6.07, 6.45) is 7.98. The Morgan fingerprint density at radius 3 is 3.12 bits per heavy atom. The molecule has 0 amide bonds. The molecular weight excluding hydrogens is 350 g/mol. The third-order valence-corrected chi connectivity index (χ3v) is 5.77. The molecule has 1 fully saturated rings. The summed E-state index contributed by atoms with van der Waals surface area (Å²) in [6.45, 7) is 1.35. The van der Waals surface area contributed by atoms with Crippen molar-refractivity contribution in [3.05, 3.63) is 51.6 Å². The number of ether oxygens (including phenoxy) is 1. The topological polar surface area (TPSA) is 84.3 Å². The Hall–Kier alpha value is -2.09. The molecule has 0 radical (unpaired) electrons. The maximum absolute atomic E-state index is 13.0. The van der Waals surface area contributed by atoms with Crippen molar-refractivity contribution >= 4 is 22.9 Å². The van der Waals surface area contributed by atoms with Gasteiger partial charge in [0.25, 0.3) is 0 Å². The monoisotopic (exact) mass is 371 g/mol. The highest BCUT2D eigenvalue weighted by Gasteiger charge is 2.25. The molecule has 1 aliphatic carbocycles. The first-order valence-electron chi connectivity index (χ1n) is 8.81. The Bertz CT molecular complexity index is 833. The number of aliphatic hydroxyl groups is 1. The van der Waals surface area contributed by atoms with Crippen molar-refractivity contribution in [2.75, 3.05) is 18.5 Å². The summed E-state index contributed by atoms with van der Waals surface area (Å²) >= 11 is 1.45. The highest BCUT2D eigenvalue weighted by molar-refractivity contribution is 7.12. The van der Waals surface area contributed by atoms with Gasteiger partial charge in [0.05, 0.1) is 29.8 Å². The third-order valence-electron chi connectivity index (χ3n) is 4.79. The molecule has 136 valence electrons. The van der Waals surface area contributed by atoms with E-state index in [1.165, 1.54) is 23.2 Å². The average Bonchev–Trinajstić information content (AvgIpc) is 3.39. The van der Waals surface area contributed by atoms with E-state index in [4.69, 9.17) is 4.74 Å².